The first kappa shape index (κ1) is 15.8. The van der Waals surface area contributed by atoms with Crippen molar-refractivity contribution in [2.45, 2.75) is 57.9 Å². The van der Waals surface area contributed by atoms with Crippen LogP contribution >= 0.6 is 0 Å². The summed E-state index contributed by atoms with van der Waals surface area (Å²) in [7, 11) is 0. The second-order valence-electron chi connectivity index (χ2n) is 6.49. The number of hydrogen-bond acceptors (Lipinski definition) is 3. The second-order valence-corrected chi connectivity index (χ2v) is 6.49. The molecular weight excluding hydrogens is 250 g/mol. The Kier molecular flexibility index (Phi) is 6.80. The van der Waals surface area contributed by atoms with Crippen LogP contribution in [0.2, 0.25) is 0 Å². The average Bonchev–Trinajstić information content (AvgIpc) is 2.82. The SMILES string of the molecule is C[C@@H](NC(=O)CN1CCCNCC1)C1CCCCCC1. The van der Waals surface area contributed by atoms with Crippen LogP contribution in [0.25, 0.3) is 0 Å². The molecule has 0 unspecified atom stereocenters. The molecule has 0 aromatic heterocycles. The van der Waals surface area contributed by atoms with Crippen LogP contribution in [0, 0.1) is 5.92 Å². The van der Waals surface area contributed by atoms with Crippen molar-refractivity contribution in [3.05, 3.63) is 0 Å². The molecule has 1 amide bonds. The Labute approximate surface area is 123 Å². The summed E-state index contributed by atoms with van der Waals surface area (Å²) in [6, 6.07) is 0.339. The van der Waals surface area contributed by atoms with Crippen LogP contribution in [0.5, 0.6) is 0 Å². The van der Waals surface area contributed by atoms with E-state index in [4.69, 9.17) is 0 Å². The van der Waals surface area contributed by atoms with Crippen LogP contribution in [0.15, 0.2) is 0 Å². The average molecular weight is 281 g/mol. The Hall–Kier alpha value is -0.610. The molecule has 0 aromatic rings. The van der Waals surface area contributed by atoms with Crippen molar-refractivity contribution in [3.8, 4) is 0 Å². The van der Waals surface area contributed by atoms with Crippen molar-refractivity contribution < 1.29 is 4.79 Å². The summed E-state index contributed by atoms with van der Waals surface area (Å²) in [4.78, 5) is 14.5. The standard InChI is InChI=1S/C16H31N3O/c1-14(15-7-4-2-3-5-8-15)18-16(20)13-19-11-6-9-17-10-12-19/h14-15,17H,2-13H2,1H3,(H,18,20)/t14-/m1/s1. The summed E-state index contributed by atoms with van der Waals surface area (Å²) < 4.78 is 0. The Morgan fingerprint density at radius 1 is 1.15 bits per heavy atom. The molecule has 116 valence electrons. The predicted molar refractivity (Wildman–Crippen MR) is 82.7 cm³/mol. The van der Waals surface area contributed by atoms with Gasteiger partial charge >= 0.3 is 0 Å². The number of rotatable bonds is 4. The van der Waals surface area contributed by atoms with E-state index < -0.39 is 0 Å². The van der Waals surface area contributed by atoms with Gasteiger partial charge in [-0.3, -0.25) is 9.69 Å². The van der Waals surface area contributed by atoms with Crippen LogP contribution in [0.1, 0.15) is 51.9 Å². The summed E-state index contributed by atoms with van der Waals surface area (Å²) >= 11 is 0. The van der Waals surface area contributed by atoms with Crippen molar-refractivity contribution in [3.63, 3.8) is 0 Å². The molecule has 2 aliphatic rings. The molecule has 1 aliphatic carbocycles. The van der Waals surface area contributed by atoms with Crippen molar-refractivity contribution in [2.24, 2.45) is 5.92 Å². The highest BCUT2D eigenvalue weighted by atomic mass is 16.2. The lowest BCUT2D eigenvalue weighted by atomic mass is 9.93. The maximum atomic E-state index is 12.2. The van der Waals surface area contributed by atoms with Crippen molar-refractivity contribution in [1.29, 1.82) is 0 Å². The molecule has 0 aromatic carbocycles. The van der Waals surface area contributed by atoms with Gasteiger partial charge in [0, 0.05) is 19.1 Å². The number of carbonyl (C=O) groups excluding carboxylic acids is 1. The summed E-state index contributed by atoms with van der Waals surface area (Å²) in [6.07, 6.45) is 9.14. The highest BCUT2D eigenvalue weighted by Gasteiger charge is 2.21. The molecule has 4 nitrogen and oxygen atoms in total. The topological polar surface area (TPSA) is 44.4 Å². The third kappa shape index (κ3) is 5.41. The highest BCUT2D eigenvalue weighted by molar-refractivity contribution is 5.78. The second kappa shape index (κ2) is 8.63. The molecule has 2 N–H and O–H groups in total. The van der Waals surface area contributed by atoms with Gasteiger partial charge in [0.15, 0.2) is 0 Å². The lowest BCUT2D eigenvalue weighted by molar-refractivity contribution is -0.123. The summed E-state index contributed by atoms with van der Waals surface area (Å²) in [6.45, 7) is 6.88. The Morgan fingerprint density at radius 2 is 1.90 bits per heavy atom. The minimum atomic E-state index is 0.212. The first-order valence-electron chi connectivity index (χ1n) is 8.48. The largest absolute Gasteiger partial charge is 0.352 e. The third-order valence-corrected chi connectivity index (χ3v) is 4.80. The quantitative estimate of drug-likeness (QED) is 0.772. The van der Waals surface area contributed by atoms with Crippen molar-refractivity contribution in [1.82, 2.24) is 15.5 Å². The van der Waals surface area contributed by atoms with Gasteiger partial charge in [-0.2, -0.15) is 0 Å². The lowest BCUT2D eigenvalue weighted by Crippen LogP contribution is -2.44. The first-order valence-corrected chi connectivity index (χ1v) is 8.48. The molecule has 1 saturated carbocycles. The van der Waals surface area contributed by atoms with Gasteiger partial charge in [0.1, 0.15) is 0 Å². The molecule has 0 radical (unpaired) electrons. The van der Waals surface area contributed by atoms with E-state index in [9.17, 15) is 4.79 Å². The Bertz CT molecular complexity index is 279. The fourth-order valence-electron chi connectivity index (χ4n) is 3.49. The van der Waals surface area contributed by atoms with E-state index in [-0.39, 0.29) is 5.91 Å². The molecule has 4 heteroatoms. The third-order valence-electron chi connectivity index (χ3n) is 4.80. The molecule has 1 atom stereocenters. The van der Waals surface area contributed by atoms with E-state index in [1.165, 1.54) is 38.5 Å². The number of nitrogens with zero attached hydrogens (tertiary/aromatic N) is 1. The zero-order chi connectivity index (χ0) is 14.2. The van der Waals surface area contributed by atoms with Crippen LogP contribution in [0.4, 0.5) is 0 Å². The Morgan fingerprint density at radius 3 is 2.65 bits per heavy atom. The van der Waals surface area contributed by atoms with E-state index in [1.54, 1.807) is 0 Å². The van der Waals surface area contributed by atoms with E-state index in [0.29, 0.717) is 18.5 Å². The summed E-state index contributed by atoms with van der Waals surface area (Å²) in [5, 5.41) is 6.62. The molecule has 2 rings (SSSR count). The van der Waals surface area contributed by atoms with Gasteiger partial charge in [-0.15, -0.1) is 0 Å². The van der Waals surface area contributed by atoms with Gasteiger partial charge in [-0.25, -0.2) is 0 Å². The monoisotopic (exact) mass is 281 g/mol. The van der Waals surface area contributed by atoms with Crippen LogP contribution in [0.3, 0.4) is 0 Å². The van der Waals surface area contributed by atoms with Gasteiger partial charge in [0.2, 0.25) is 5.91 Å². The van der Waals surface area contributed by atoms with Gasteiger partial charge < -0.3 is 10.6 Å². The maximum absolute atomic E-state index is 12.2. The minimum absolute atomic E-state index is 0.212. The molecule has 2 fully saturated rings. The minimum Gasteiger partial charge on any atom is -0.352 e. The maximum Gasteiger partial charge on any atom is 0.234 e. The van der Waals surface area contributed by atoms with Crippen molar-refractivity contribution in [2.75, 3.05) is 32.7 Å². The van der Waals surface area contributed by atoms with Crippen LogP contribution in [-0.4, -0.2) is 49.6 Å². The van der Waals surface area contributed by atoms with Crippen LogP contribution < -0.4 is 10.6 Å². The smallest absolute Gasteiger partial charge is 0.234 e. The number of carbonyl (C=O) groups is 1. The van der Waals surface area contributed by atoms with Gasteiger partial charge in [0.05, 0.1) is 6.54 Å². The van der Waals surface area contributed by atoms with Crippen molar-refractivity contribution >= 4 is 5.91 Å². The molecule has 1 heterocycles. The predicted octanol–water partition coefficient (Wildman–Crippen LogP) is 1.76. The molecule has 20 heavy (non-hydrogen) atoms. The summed E-state index contributed by atoms with van der Waals surface area (Å²) in [5.41, 5.74) is 0. The van der Waals surface area contributed by atoms with E-state index >= 15 is 0 Å². The van der Waals surface area contributed by atoms with Gasteiger partial charge in [-0.05, 0) is 45.2 Å². The lowest BCUT2D eigenvalue weighted by Gasteiger charge is -2.25. The molecular formula is C16H31N3O. The fraction of sp³-hybridized carbons (Fsp3) is 0.938. The normalized spacial score (nSPS) is 24.6. The van der Waals surface area contributed by atoms with E-state index in [1.807, 2.05) is 0 Å². The molecule has 1 saturated heterocycles. The summed E-state index contributed by atoms with van der Waals surface area (Å²) in [5.74, 6) is 0.899. The number of amides is 1. The molecule has 1 aliphatic heterocycles. The zero-order valence-electron chi connectivity index (χ0n) is 13.0. The van der Waals surface area contributed by atoms with Crippen LogP contribution in [-0.2, 0) is 4.79 Å². The first-order chi connectivity index (χ1) is 9.75. The fourth-order valence-corrected chi connectivity index (χ4v) is 3.49. The van der Waals surface area contributed by atoms with Gasteiger partial charge in [0.25, 0.3) is 0 Å². The zero-order valence-corrected chi connectivity index (χ0v) is 13.0. The number of hydrogen-bond donors (Lipinski definition) is 2. The van der Waals surface area contributed by atoms with Gasteiger partial charge in [-0.1, -0.05) is 25.7 Å². The Balaban J connectivity index is 1.71. The number of nitrogens with one attached hydrogen (secondary N) is 2. The highest BCUT2D eigenvalue weighted by Crippen LogP contribution is 2.25. The molecule has 0 spiro atoms. The van der Waals surface area contributed by atoms with E-state index in [0.717, 1.165) is 32.6 Å². The molecule has 0 bridgehead atoms. The van der Waals surface area contributed by atoms with E-state index in [2.05, 4.69) is 22.5 Å².